The number of hydrogen-bond donors (Lipinski definition) is 0. The summed E-state index contributed by atoms with van der Waals surface area (Å²) < 4.78 is 38.5. The minimum atomic E-state index is -1.13. The summed E-state index contributed by atoms with van der Waals surface area (Å²) in [5.74, 6) is 0. The van der Waals surface area contributed by atoms with Crippen LogP contribution in [0.25, 0.3) is 0 Å². The molecule has 0 radical (unpaired) electrons. The van der Waals surface area contributed by atoms with Crippen LogP contribution in [0.1, 0.15) is 155 Å². The van der Waals surface area contributed by atoms with Crippen molar-refractivity contribution in [3.63, 3.8) is 0 Å². The van der Waals surface area contributed by atoms with Crippen molar-refractivity contribution in [3.8, 4) is 6.07 Å². The van der Waals surface area contributed by atoms with E-state index >= 15 is 0 Å². The number of hydrogen-bond acceptors (Lipinski definition) is 7. The molecule has 306 valence electrons. The van der Waals surface area contributed by atoms with E-state index in [2.05, 4.69) is 52.3 Å². The van der Waals surface area contributed by atoms with Gasteiger partial charge in [0.15, 0.2) is 0 Å². The molecule has 9 heteroatoms. The van der Waals surface area contributed by atoms with E-state index in [0.29, 0.717) is 20.0 Å². The molecule has 2 fully saturated rings. The Bertz CT molecular complexity index is 890. The smallest absolute Gasteiger partial charge is 0.147 e. The third-order valence-electron chi connectivity index (χ3n) is 11.0. The molecule has 6 atom stereocenters. The van der Waals surface area contributed by atoms with Gasteiger partial charge in [0.1, 0.15) is 13.6 Å². The molecule has 0 aromatic heterocycles. The zero-order valence-corrected chi connectivity index (χ0v) is 37.4. The van der Waals surface area contributed by atoms with Gasteiger partial charge in [0, 0.05) is 35.8 Å². The van der Waals surface area contributed by atoms with Crippen LogP contribution in [-0.2, 0) is 28.4 Å². The Morgan fingerprint density at radius 1 is 0.558 bits per heavy atom. The number of nitriles is 1. The Hall–Kier alpha value is -0.316. The molecule has 0 spiro atoms. The number of rotatable bonds is 34. The Labute approximate surface area is 324 Å². The van der Waals surface area contributed by atoms with E-state index in [1.54, 1.807) is 0 Å². The van der Waals surface area contributed by atoms with E-state index < -0.39 is 16.1 Å². The van der Waals surface area contributed by atoms with Gasteiger partial charge in [-0.25, -0.2) is 0 Å². The first-order valence-corrected chi connectivity index (χ1v) is 29.5. The van der Waals surface area contributed by atoms with Crippen molar-refractivity contribution in [2.24, 2.45) is 0 Å². The zero-order valence-electron chi connectivity index (χ0n) is 35.4. The molecule has 2 aliphatic rings. The molecule has 0 aromatic rings. The van der Waals surface area contributed by atoms with Gasteiger partial charge in [-0.2, -0.15) is 5.26 Å². The van der Waals surface area contributed by atoms with Crippen LogP contribution in [0.3, 0.4) is 0 Å². The largest absolute Gasteiger partial charge is 0.370 e. The maximum absolute atomic E-state index is 8.73. The molecule has 0 aliphatic carbocycles. The fourth-order valence-corrected chi connectivity index (χ4v) is 8.97. The predicted octanol–water partition coefficient (Wildman–Crippen LogP) is 12.4. The quantitative estimate of drug-likeness (QED) is 0.0366. The lowest BCUT2D eigenvalue weighted by Crippen LogP contribution is -2.35. The first-order chi connectivity index (χ1) is 25.0. The van der Waals surface area contributed by atoms with Crippen molar-refractivity contribution < 1.29 is 28.4 Å². The van der Waals surface area contributed by atoms with E-state index in [1.807, 2.05) is 0 Å². The second-order valence-corrected chi connectivity index (χ2v) is 29.7. The van der Waals surface area contributed by atoms with Gasteiger partial charge >= 0.3 is 0 Å². The molecule has 0 N–H and O–H groups in total. The average molecular weight is 768 g/mol. The highest BCUT2D eigenvalue weighted by Crippen LogP contribution is 2.36. The molecular formula is C43H85NO6Si2. The summed E-state index contributed by atoms with van der Waals surface area (Å²) in [4.78, 5) is 0. The van der Waals surface area contributed by atoms with Crippen LogP contribution in [-0.4, -0.2) is 79.6 Å². The minimum absolute atomic E-state index is 0.0754. The van der Waals surface area contributed by atoms with Gasteiger partial charge < -0.3 is 28.4 Å². The summed E-state index contributed by atoms with van der Waals surface area (Å²) in [7, 11) is -2.25. The molecule has 2 saturated heterocycles. The summed E-state index contributed by atoms with van der Waals surface area (Å²) in [6.45, 7) is 19.0. The fourth-order valence-electron chi connectivity index (χ4n) is 7.46. The summed E-state index contributed by atoms with van der Waals surface area (Å²) in [6, 6.07) is 4.59. The van der Waals surface area contributed by atoms with Crippen LogP contribution in [0, 0.1) is 11.3 Å². The third-order valence-corrected chi connectivity index (χ3v) is 14.4. The minimum Gasteiger partial charge on any atom is -0.370 e. The highest BCUT2D eigenvalue weighted by Gasteiger charge is 2.42. The monoisotopic (exact) mass is 768 g/mol. The molecule has 2 aliphatic heterocycles. The molecule has 0 unspecified atom stereocenters. The molecule has 2 rings (SSSR count). The molecule has 0 aromatic carbocycles. The molecule has 0 saturated carbocycles. The topological polar surface area (TPSA) is 79.2 Å². The van der Waals surface area contributed by atoms with E-state index in [-0.39, 0.29) is 36.6 Å². The second kappa shape index (κ2) is 29.0. The summed E-state index contributed by atoms with van der Waals surface area (Å²) in [6.07, 6.45) is 27.9. The summed E-state index contributed by atoms with van der Waals surface area (Å²) in [5, 5.41) is 8.73. The number of ether oxygens (including phenoxy) is 6. The fraction of sp³-hybridized carbons (Fsp3) is 0.977. The summed E-state index contributed by atoms with van der Waals surface area (Å²) >= 11 is 0. The van der Waals surface area contributed by atoms with Gasteiger partial charge in [0.25, 0.3) is 0 Å². The van der Waals surface area contributed by atoms with Crippen LogP contribution < -0.4 is 0 Å². The van der Waals surface area contributed by atoms with Gasteiger partial charge in [0.2, 0.25) is 0 Å². The van der Waals surface area contributed by atoms with Crippen LogP contribution in [0.15, 0.2) is 0 Å². The first kappa shape index (κ1) is 47.8. The zero-order chi connectivity index (χ0) is 37.9. The van der Waals surface area contributed by atoms with E-state index in [9.17, 15) is 0 Å². The highest BCUT2D eigenvalue weighted by atomic mass is 28.3. The second-order valence-electron chi connectivity index (χ2n) is 18.5. The van der Waals surface area contributed by atoms with Crippen molar-refractivity contribution in [1.82, 2.24) is 0 Å². The van der Waals surface area contributed by atoms with Crippen molar-refractivity contribution in [2.75, 3.05) is 26.8 Å². The molecular weight excluding hydrogens is 683 g/mol. The maximum Gasteiger partial charge on any atom is 0.147 e. The van der Waals surface area contributed by atoms with Gasteiger partial charge in [-0.1, -0.05) is 143 Å². The van der Waals surface area contributed by atoms with Crippen LogP contribution in [0.4, 0.5) is 0 Å². The van der Waals surface area contributed by atoms with Crippen LogP contribution in [0.2, 0.25) is 51.4 Å². The Balaban J connectivity index is 1.85. The van der Waals surface area contributed by atoms with Gasteiger partial charge in [-0.05, 0) is 57.0 Å². The maximum atomic E-state index is 8.73. The molecule has 0 bridgehead atoms. The average Bonchev–Trinajstić information content (AvgIpc) is 3.78. The third kappa shape index (κ3) is 24.3. The first-order valence-electron chi connectivity index (χ1n) is 22.1. The number of unbranched alkanes of at least 4 members (excludes halogenated alkanes) is 15. The van der Waals surface area contributed by atoms with E-state index in [0.717, 1.165) is 70.6 Å². The SMILES string of the molecule is CCCCCCCCCC[C@@H](OCOCC[Si](C)(C)C)[C@H]1CC[C@H]([C@H]2CC[C@H]([C@@H](CCCCCCCCCCC#N)OCOCC[Si](C)(C)C)O2)O1. The molecule has 0 amide bonds. The molecule has 7 nitrogen and oxygen atoms in total. The predicted molar refractivity (Wildman–Crippen MR) is 222 cm³/mol. The van der Waals surface area contributed by atoms with Crippen LogP contribution >= 0.6 is 0 Å². The van der Waals surface area contributed by atoms with Crippen molar-refractivity contribution in [2.45, 2.75) is 243 Å². The lowest BCUT2D eigenvalue weighted by atomic mass is 10.00. The van der Waals surface area contributed by atoms with Crippen LogP contribution in [0.5, 0.6) is 0 Å². The van der Waals surface area contributed by atoms with E-state index in [4.69, 9.17) is 33.7 Å². The number of nitrogens with zero attached hydrogens (tertiary/aromatic N) is 1. The lowest BCUT2D eigenvalue weighted by Gasteiger charge is -2.28. The van der Waals surface area contributed by atoms with Gasteiger partial charge in [-0.3, -0.25) is 0 Å². The Morgan fingerprint density at radius 3 is 1.33 bits per heavy atom. The van der Waals surface area contributed by atoms with Crippen molar-refractivity contribution in [3.05, 3.63) is 0 Å². The van der Waals surface area contributed by atoms with Crippen molar-refractivity contribution in [1.29, 1.82) is 5.26 Å². The van der Waals surface area contributed by atoms with Crippen molar-refractivity contribution >= 4 is 16.1 Å². The standard InChI is InChI=1S/C43H85NO6Si2/c1-8-9-10-11-12-16-19-22-25-38(47-36-45-32-34-51(2,3)4)40-27-29-42(49-40)43-30-28-41(50-43)39(48-37-46-33-35-52(5,6)7)26-23-20-17-14-13-15-18-21-24-31-44/h38-43H,8-30,32-37H2,1-7H3/t38-,39-,40-,41-,42-,43-/m1/s1. The summed E-state index contributed by atoms with van der Waals surface area (Å²) in [5.41, 5.74) is 0. The molecule has 52 heavy (non-hydrogen) atoms. The van der Waals surface area contributed by atoms with Gasteiger partial charge in [0.05, 0.1) is 42.7 Å². The Kier molecular flexibility index (Phi) is 26.7. The highest BCUT2D eigenvalue weighted by molar-refractivity contribution is 6.76. The molecule has 2 heterocycles. The normalized spacial score (nSPS) is 22.2. The lowest BCUT2D eigenvalue weighted by molar-refractivity contribution is -0.162. The van der Waals surface area contributed by atoms with Gasteiger partial charge in [-0.15, -0.1) is 0 Å². The van der Waals surface area contributed by atoms with E-state index in [1.165, 1.54) is 95.9 Å². The Morgan fingerprint density at radius 2 is 0.942 bits per heavy atom.